The zero-order valence-corrected chi connectivity index (χ0v) is 15.7. The van der Waals surface area contributed by atoms with Crippen molar-refractivity contribution in [2.75, 3.05) is 7.05 Å². The van der Waals surface area contributed by atoms with Gasteiger partial charge in [-0.05, 0) is 24.2 Å². The predicted molar refractivity (Wildman–Crippen MR) is 86.0 cm³/mol. The number of aromatic nitrogens is 1. The lowest BCUT2D eigenvalue weighted by atomic mass is 10.2. The molecule has 19 heavy (non-hydrogen) atoms. The van der Waals surface area contributed by atoms with Gasteiger partial charge in [0.2, 0.25) is 0 Å². The van der Waals surface area contributed by atoms with Crippen LogP contribution in [0.2, 0.25) is 18.1 Å². The summed E-state index contributed by atoms with van der Waals surface area (Å²) in [5.41, 5.74) is 0. The molecule has 1 aromatic rings. The van der Waals surface area contributed by atoms with Crippen LogP contribution in [0.4, 0.5) is 0 Å². The van der Waals surface area contributed by atoms with E-state index < -0.39 is 18.2 Å². The van der Waals surface area contributed by atoms with Crippen LogP contribution in [-0.2, 0) is 9.92 Å². The second-order valence-electron chi connectivity index (χ2n) is 6.14. The summed E-state index contributed by atoms with van der Waals surface area (Å²) in [6.45, 7) is 10.7. The fourth-order valence-corrected chi connectivity index (χ4v) is 7.35. The monoisotopic (exact) mass is 363 g/mol. The number of hydrogen-bond donors (Lipinski definition) is 1. The van der Waals surface area contributed by atoms with Crippen molar-refractivity contribution >= 4 is 34.1 Å². The van der Waals surface area contributed by atoms with Crippen LogP contribution in [0.25, 0.3) is 0 Å². The molecule has 1 heterocycles. The maximum atomic E-state index is 12.9. The van der Waals surface area contributed by atoms with Crippen LogP contribution in [0.15, 0.2) is 27.8 Å². The van der Waals surface area contributed by atoms with Crippen LogP contribution >= 0.6 is 15.9 Å². The third-order valence-corrected chi connectivity index (χ3v) is 13.4. The Bertz CT molecular complexity index is 567. The van der Waals surface area contributed by atoms with E-state index in [0.717, 1.165) is 4.47 Å². The molecule has 1 aromatic heterocycles. The lowest BCUT2D eigenvalue weighted by Crippen LogP contribution is -2.55. The minimum atomic E-state index is -3.05. The van der Waals surface area contributed by atoms with Crippen molar-refractivity contribution < 1.29 is 4.21 Å². The lowest BCUT2D eigenvalue weighted by Gasteiger charge is -2.43. The Labute approximate surface area is 125 Å². The van der Waals surface area contributed by atoms with Gasteiger partial charge in [0, 0.05) is 10.7 Å². The molecule has 1 atom stereocenters. The van der Waals surface area contributed by atoms with Gasteiger partial charge in [0.15, 0.2) is 5.03 Å². The molecule has 0 spiro atoms. The fourth-order valence-electron chi connectivity index (χ4n) is 1.47. The molecular weight excluding hydrogens is 342 g/mol. The SMILES string of the molecule is CN([Si](C)(C)C(C)(C)C)S(=N)(=O)c1cc(Br)ccn1. The van der Waals surface area contributed by atoms with Crippen molar-refractivity contribution in [3.63, 3.8) is 0 Å². The minimum absolute atomic E-state index is 0.0253. The van der Waals surface area contributed by atoms with Gasteiger partial charge in [-0.2, -0.15) is 0 Å². The molecule has 1 unspecified atom stereocenters. The molecule has 1 N–H and O–H groups in total. The summed E-state index contributed by atoms with van der Waals surface area (Å²) in [4.78, 5) is 4.12. The van der Waals surface area contributed by atoms with Crippen molar-refractivity contribution in [3.05, 3.63) is 22.8 Å². The number of rotatable bonds is 3. The van der Waals surface area contributed by atoms with Crippen LogP contribution in [0.3, 0.4) is 0 Å². The Morgan fingerprint density at radius 1 is 1.42 bits per heavy atom. The van der Waals surface area contributed by atoms with E-state index in [1.54, 1.807) is 29.3 Å². The van der Waals surface area contributed by atoms with Gasteiger partial charge >= 0.3 is 0 Å². The maximum Gasteiger partial charge on any atom is 0.150 e. The van der Waals surface area contributed by atoms with Crippen LogP contribution in [0.1, 0.15) is 20.8 Å². The zero-order chi connectivity index (χ0) is 15.1. The molecule has 0 fully saturated rings. The molecule has 0 amide bonds. The van der Waals surface area contributed by atoms with Crippen LogP contribution in [0, 0.1) is 4.78 Å². The quantitative estimate of drug-likeness (QED) is 0.821. The first-order valence-corrected chi connectivity index (χ1v) is 11.3. The van der Waals surface area contributed by atoms with E-state index in [1.807, 2.05) is 0 Å². The van der Waals surface area contributed by atoms with Crippen molar-refractivity contribution in [2.24, 2.45) is 0 Å². The Kier molecular flexibility index (Phi) is 4.66. The highest BCUT2D eigenvalue weighted by Crippen LogP contribution is 2.39. The lowest BCUT2D eigenvalue weighted by molar-refractivity contribution is 0.594. The number of pyridine rings is 1. The second-order valence-corrected chi connectivity index (χ2v) is 14.7. The molecule has 1 rings (SSSR count). The van der Waals surface area contributed by atoms with Gasteiger partial charge < -0.3 is 0 Å². The molecule has 7 heteroatoms. The number of nitrogens with zero attached hydrogens (tertiary/aromatic N) is 2. The standard InChI is InChI=1S/C12H22BrN3OSSi/c1-12(2,3)19(5,6)16(4)18(14,17)11-9-10(13)7-8-15-11/h7-9,14H,1-6H3. The Hall–Kier alpha value is -0.243. The molecule has 0 saturated carbocycles. The van der Waals surface area contributed by atoms with Crippen molar-refractivity contribution in [3.8, 4) is 0 Å². The third-order valence-electron chi connectivity index (χ3n) is 3.99. The molecule has 0 saturated heterocycles. The Morgan fingerprint density at radius 3 is 2.37 bits per heavy atom. The van der Waals surface area contributed by atoms with Gasteiger partial charge in [-0.15, -0.1) is 0 Å². The predicted octanol–water partition coefficient (Wildman–Crippen LogP) is 4.10. The molecule has 4 nitrogen and oxygen atoms in total. The molecular formula is C12H22BrN3OSSi. The highest BCUT2D eigenvalue weighted by molar-refractivity contribution is 9.10. The Balaban J connectivity index is 3.29. The summed E-state index contributed by atoms with van der Waals surface area (Å²) >= 11 is 3.34. The summed E-state index contributed by atoms with van der Waals surface area (Å²) in [6.07, 6.45) is 1.58. The van der Waals surface area contributed by atoms with Crippen LogP contribution < -0.4 is 0 Å². The minimum Gasteiger partial charge on any atom is -0.245 e. The number of halogens is 1. The first-order chi connectivity index (χ1) is 8.40. The Morgan fingerprint density at radius 2 is 1.95 bits per heavy atom. The first kappa shape index (κ1) is 16.8. The van der Waals surface area contributed by atoms with Crippen molar-refractivity contribution in [1.29, 1.82) is 4.78 Å². The summed E-state index contributed by atoms with van der Waals surface area (Å²) in [5.74, 6) is 0. The highest BCUT2D eigenvalue weighted by atomic mass is 79.9. The molecule has 0 aliphatic heterocycles. The fraction of sp³-hybridized carbons (Fsp3) is 0.583. The van der Waals surface area contributed by atoms with Crippen LogP contribution in [0.5, 0.6) is 0 Å². The molecule has 108 valence electrons. The van der Waals surface area contributed by atoms with E-state index in [9.17, 15) is 4.21 Å². The maximum absolute atomic E-state index is 12.9. The van der Waals surface area contributed by atoms with E-state index in [-0.39, 0.29) is 5.04 Å². The summed E-state index contributed by atoms with van der Waals surface area (Å²) in [5, 5.41) is 0.339. The average molecular weight is 364 g/mol. The van der Waals surface area contributed by atoms with Gasteiger partial charge in [0.25, 0.3) is 0 Å². The summed E-state index contributed by atoms with van der Waals surface area (Å²) in [6, 6.07) is 3.43. The molecule has 0 aliphatic carbocycles. The largest absolute Gasteiger partial charge is 0.245 e. The van der Waals surface area contributed by atoms with E-state index >= 15 is 0 Å². The molecule has 0 aliphatic rings. The molecule has 0 bridgehead atoms. The smallest absolute Gasteiger partial charge is 0.150 e. The van der Waals surface area contributed by atoms with E-state index in [0.29, 0.717) is 5.03 Å². The van der Waals surface area contributed by atoms with E-state index in [2.05, 4.69) is 54.8 Å². The van der Waals surface area contributed by atoms with Crippen molar-refractivity contribution in [1.82, 2.24) is 8.95 Å². The van der Waals surface area contributed by atoms with E-state index in [1.165, 1.54) is 0 Å². The normalized spacial score (nSPS) is 16.4. The number of hydrogen-bond acceptors (Lipinski definition) is 3. The first-order valence-electron chi connectivity index (χ1n) is 6.05. The second kappa shape index (κ2) is 5.27. The summed E-state index contributed by atoms with van der Waals surface area (Å²) in [7, 11) is -3.29. The van der Waals surface area contributed by atoms with E-state index in [4.69, 9.17) is 4.78 Å². The van der Waals surface area contributed by atoms with Gasteiger partial charge in [-0.1, -0.05) is 49.8 Å². The zero-order valence-electron chi connectivity index (χ0n) is 12.3. The van der Waals surface area contributed by atoms with Gasteiger partial charge in [0.1, 0.15) is 18.2 Å². The highest BCUT2D eigenvalue weighted by Gasteiger charge is 2.43. The van der Waals surface area contributed by atoms with Crippen molar-refractivity contribution in [2.45, 2.75) is 43.9 Å². The number of nitrogens with one attached hydrogen (secondary N) is 1. The summed E-state index contributed by atoms with van der Waals surface area (Å²) < 4.78 is 23.7. The topological polar surface area (TPSA) is 57.1 Å². The van der Waals surface area contributed by atoms with Crippen LogP contribution in [-0.4, -0.2) is 28.4 Å². The van der Waals surface area contributed by atoms with Gasteiger partial charge in [-0.25, -0.2) is 17.9 Å². The van der Waals surface area contributed by atoms with Gasteiger partial charge in [-0.3, -0.25) is 0 Å². The van der Waals surface area contributed by atoms with Gasteiger partial charge in [0.05, 0.1) is 0 Å². The molecule has 0 radical (unpaired) electrons. The average Bonchev–Trinajstić information content (AvgIpc) is 2.26. The molecule has 0 aromatic carbocycles. The third kappa shape index (κ3) is 3.26.